The zero-order valence-corrected chi connectivity index (χ0v) is 15.0. The van der Waals surface area contributed by atoms with Crippen molar-refractivity contribution in [2.24, 2.45) is 11.1 Å². The van der Waals surface area contributed by atoms with Crippen molar-refractivity contribution in [3.8, 4) is 0 Å². The Balaban J connectivity index is 2.94. The monoisotopic (exact) mass is 357 g/mol. The van der Waals surface area contributed by atoms with Gasteiger partial charge in [0.25, 0.3) is 10.1 Å². The number of ether oxygens (including phenoxy) is 1. The van der Waals surface area contributed by atoms with Crippen LogP contribution in [0.4, 0.5) is 0 Å². The maximum absolute atomic E-state index is 12.2. The third-order valence-electron chi connectivity index (χ3n) is 3.37. The molecule has 0 heterocycles. The predicted molar refractivity (Wildman–Crippen MR) is 90.3 cm³/mol. The Morgan fingerprint density at radius 2 is 1.92 bits per heavy atom. The van der Waals surface area contributed by atoms with Crippen LogP contribution in [0.1, 0.15) is 30.6 Å². The fourth-order valence-corrected chi connectivity index (χ4v) is 2.88. The molecule has 134 valence electrons. The molecule has 1 aromatic carbocycles. The van der Waals surface area contributed by atoms with Gasteiger partial charge in [-0.1, -0.05) is 37.2 Å². The largest absolute Gasteiger partial charge is 0.452 e. The highest BCUT2D eigenvalue weighted by Crippen LogP contribution is 2.20. The molecule has 24 heavy (non-hydrogen) atoms. The van der Waals surface area contributed by atoms with Crippen LogP contribution in [-0.4, -0.2) is 46.2 Å². The highest BCUT2D eigenvalue weighted by molar-refractivity contribution is 7.86. The topological polar surface area (TPSA) is 91.3 Å². The molecule has 3 atom stereocenters. The lowest BCUT2D eigenvalue weighted by atomic mass is 9.97. The van der Waals surface area contributed by atoms with Crippen LogP contribution in [0, 0.1) is 5.92 Å². The first kappa shape index (κ1) is 20.1. The Labute approximate surface area is 142 Å². The first-order valence-electron chi connectivity index (χ1n) is 7.49. The molecular weight excluding hydrogens is 334 g/mol. The van der Waals surface area contributed by atoms with E-state index in [1.807, 2.05) is 0 Å². The summed E-state index contributed by atoms with van der Waals surface area (Å²) in [5.41, 5.74) is 0.387. The number of carbonyl (C=O) groups is 1. The van der Waals surface area contributed by atoms with Gasteiger partial charge in [-0.25, -0.2) is 4.79 Å². The lowest BCUT2D eigenvalue weighted by molar-refractivity contribution is 0.0164. The van der Waals surface area contributed by atoms with Crippen molar-refractivity contribution in [1.82, 2.24) is 0 Å². The van der Waals surface area contributed by atoms with Crippen LogP contribution in [0.5, 0.6) is 0 Å². The zero-order chi connectivity index (χ0) is 18.2. The molecule has 8 heteroatoms. The minimum atomic E-state index is -3.63. The van der Waals surface area contributed by atoms with E-state index in [0.717, 1.165) is 6.26 Å². The summed E-state index contributed by atoms with van der Waals surface area (Å²) in [5, 5.41) is 3.65. The molecule has 0 aliphatic carbocycles. The Bertz CT molecular complexity index is 644. The van der Waals surface area contributed by atoms with Gasteiger partial charge >= 0.3 is 5.97 Å². The number of carbonyl (C=O) groups excluding carboxylic acids is 1. The van der Waals surface area contributed by atoms with Gasteiger partial charge in [-0.2, -0.15) is 8.42 Å². The molecule has 1 aromatic rings. The number of oxime groups is 1. The van der Waals surface area contributed by atoms with E-state index in [1.165, 1.54) is 13.3 Å². The van der Waals surface area contributed by atoms with E-state index in [4.69, 9.17) is 8.92 Å². The van der Waals surface area contributed by atoms with Gasteiger partial charge in [0.05, 0.1) is 24.1 Å². The number of rotatable bonds is 9. The van der Waals surface area contributed by atoms with E-state index in [1.54, 1.807) is 44.2 Å². The molecule has 0 saturated heterocycles. The Morgan fingerprint density at radius 3 is 2.42 bits per heavy atom. The molecule has 0 amide bonds. The van der Waals surface area contributed by atoms with Gasteiger partial charge in [0.2, 0.25) is 0 Å². The molecule has 0 unspecified atom stereocenters. The van der Waals surface area contributed by atoms with Gasteiger partial charge in [0, 0.05) is 5.92 Å². The highest BCUT2D eigenvalue weighted by atomic mass is 32.2. The number of hydrogen-bond acceptors (Lipinski definition) is 7. The average molecular weight is 357 g/mol. The summed E-state index contributed by atoms with van der Waals surface area (Å²) in [4.78, 5) is 16.9. The van der Waals surface area contributed by atoms with Crippen molar-refractivity contribution in [2.75, 3.05) is 13.4 Å². The van der Waals surface area contributed by atoms with E-state index in [9.17, 15) is 13.2 Å². The quantitative estimate of drug-likeness (QED) is 0.291. The molecule has 0 aliphatic heterocycles. The molecule has 1 rings (SSSR count). The van der Waals surface area contributed by atoms with E-state index >= 15 is 0 Å². The van der Waals surface area contributed by atoms with Crippen LogP contribution in [0.3, 0.4) is 0 Å². The molecule has 0 bridgehead atoms. The van der Waals surface area contributed by atoms with Crippen LogP contribution in [0.2, 0.25) is 0 Å². The van der Waals surface area contributed by atoms with Crippen LogP contribution in [0.15, 0.2) is 35.5 Å². The van der Waals surface area contributed by atoms with Crippen LogP contribution in [0.25, 0.3) is 0 Å². The average Bonchev–Trinajstić information content (AvgIpc) is 2.55. The number of hydrogen-bond donors (Lipinski definition) is 0. The minimum absolute atomic E-state index is 0.387. The third-order valence-corrected chi connectivity index (χ3v) is 3.97. The summed E-state index contributed by atoms with van der Waals surface area (Å²) in [5.74, 6) is -0.986. The first-order valence-corrected chi connectivity index (χ1v) is 9.31. The molecule has 0 saturated carbocycles. The molecule has 0 aromatic heterocycles. The molecule has 0 aliphatic rings. The fourth-order valence-electron chi connectivity index (χ4n) is 2.12. The van der Waals surface area contributed by atoms with E-state index < -0.39 is 34.2 Å². The van der Waals surface area contributed by atoms with Crippen LogP contribution >= 0.6 is 0 Å². The Morgan fingerprint density at radius 1 is 1.29 bits per heavy atom. The fraction of sp³-hybridized carbons (Fsp3) is 0.500. The maximum Gasteiger partial charge on any atom is 0.338 e. The number of benzene rings is 1. The smallest absolute Gasteiger partial charge is 0.338 e. The Hall–Kier alpha value is -1.93. The van der Waals surface area contributed by atoms with Crippen molar-refractivity contribution >= 4 is 22.3 Å². The standard InChI is InChI=1S/C16H23NO6S/c1-5-14(23-24(4,19)20)12(2)15(11-17-21-3)22-16(18)13-9-7-6-8-10-13/h6-12,14-15H,5H2,1-4H3/t12-,14-,15+/m1/s1. The lowest BCUT2D eigenvalue weighted by Gasteiger charge is -2.27. The Kier molecular flexibility index (Phi) is 7.87. The normalized spacial score (nSPS) is 15.7. The van der Waals surface area contributed by atoms with Crippen molar-refractivity contribution in [2.45, 2.75) is 32.5 Å². The van der Waals surface area contributed by atoms with Gasteiger partial charge < -0.3 is 9.57 Å². The number of esters is 1. The van der Waals surface area contributed by atoms with Gasteiger partial charge in [0.1, 0.15) is 13.2 Å². The third kappa shape index (κ3) is 6.67. The lowest BCUT2D eigenvalue weighted by Crippen LogP contribution is -2.37. The van der Waals surface area contributed by atoms with Crippen LogP contribution < -0.4 is 0 Å². The SMILES string of the molecule is CC[C@@H](OS(C)(=O)=O)[C@@H](C)[C@H](C=NOC)OC(=O)c1ccccc1. The second-order valence-corrected chi connectivity index (χ2v) is 6.88. The van der Waals surface area contributed by atoms with E-state index in [-0.39, 0.29) is 0 Å². The molecule has 0 radical (unpaired) electrons. The van der Waals surface area contributed by atoms with Gasteiger partial charge in [-0.15, -0.1) is 0 Å². The summed E-state index contributed by atoms with van der Waals surface area (Å²) in [6.07, 6.45) is 1.27. The highest BCUT2D eigenvalue weighted by Gasteiger charge is 2.30. The van der Waals surface area contributed by atoms with Crippen molar-refractivity contribution in [3.63, 3.8) is 0 Å². The van der Waals surface area contributed by atoms with E-state index in [2.05, 4.69) is 9.99 Å². The van der Waals surface area contributed by atoms with Gasteiger partial charge in [0.15, 0.2) is 0 Å². The van der Waals surface area contributed by atoms with Gasteiger partial charge in [-0.05, 0) is 18.6 Å². The van der Waals surface area contributed by atoms with E-state index in [0.29, 0.717) is 12.0 Å². The summed E-state index contributed by atoms with van der Waals surface area (Å²) in [7, 11) is -2.27. The summed E-state index contributed by atoms with van der Waals surface area (Å²) in [6.45, 7) is 3.51. The molecular formula is C16H23NO6S. The second-order valence-electron chi connectivity index (χ2n) is 5.28. The minimum Gasteiger partial charge on any atom is -0.452 e. The van der Waals surface area contributed by atoms with Crippen LogP contribution in [-0.2, 0) is 23.9 Å². The summed E-state index contributed by atoms with van der Waals surface area (Å²) in [6, 6.07) is 8.49. The predicted octanol–water partition coefficient (Wildman–Crippen LogP) is 2.24. The zero-order valence-electron chi connectivity index (χ0n) is 14.2. The molecule has 0 N–H and O–H groups in total. The van der Waals surface area contributed by atoms with Crippen molar-refractivity contribution in [1.29, 1.82) is 0 Å². The van der Waals surface area contributed by atoms with Crippen molar-refractivity contribution < 1.29 is 27.0 Å². The maximum atomic E-state index is 12.2. The molecule has 0 fully saturated rings. The van der Waals surface area contributed by atoms with Gasteiger partial charge in [-0.3, -0.25) is 4.18 Å². The first-order chi connectivity index (χ1) is 11.3. The number of nitrogens with zero attached hydrogens (tertiary/aromatic N) is 1. The van der Waals surface area contributed by atoms with Crippen molar-refractivity contribution in [3.05, 3.63) is 35.9 Å². The second kappa shape index (κ2) is 9.39. The molecule has 7 nitrogen and oxygen atoms in total. The summed E-state index contributed by atoms with van der Waals surface area (Å²) < 4.78 is 33.3. The molecule has 0 spiro atoms. The summed E-state index contributed by atoms with van der Waals surface area (Å²) >= 11 is 0.